The molecule has 0 saturated heterocycles. The molecule has 5 nitrogen and oxygen atoms in total. The van der Waals surface area contributed by atoms with Gasteiger partial charge in [0.1, 0.15) is 12.1 Å². The summed E-state index contributed by atoms with van der Waals surface area (Å²) in [5, 5.41) is 7.96. The Bertz CT molecular complexity index is 823. The Hall–Kier alpha value is -2.43. The number of anilines is 1. The monoisotopic (exact) mass is 293 g/mol. The van der Waals surface area contributed by atoms with Gasteiger partial charge in [0.15, 0.2) is 0 Å². The quantitative estimate of drug-likeness (QED) is 0.788. The first-order chi connectivity index (χ1) is 10.7. The Morgan fingerprint density at radius 2 is 2.14 bits per heavy atom. The summed E-state index contributed by atoms with van der Waals surface area (Å²) in [4.78, 5) is 8.60. The smallest absolute Gasteiger partial charge is 0.254 e. The predicted octanol–water partition coefficient (Wildman–Crippen LogP) is 3.17. The molecule has 1 aromatic carbocycles. The summed E-state index contributed by atoms with van der Waals surface area (Å²) in [6.45, 7) is 4.29. The first kappa shape index (κ1) is 13.2. The Morgan fingerprint density at radius 3 is 3.05 bits per heavy atom. The molecule has 0 saturated carbocycles. The minimum absolute atomic E-state index is 0.291. The number of nitrogens with zero attached hydrogens (tertiary/aromatic N) is 4. The number of rotatable bonds is 2. The third-order valence-corrected chi connectivity index (χ3v) is 4.51. The molecule has 0 spiro atoms. The zero-order valence-corrected chi connectivity index (χ0v) is 12.8. The van der Waals surface area contributed by atoms with Gasteiger partial charge < -0.3 is 5.32 Å². The SMILES string of the molecule is Cc1cc(NC2c3ccccc3CCC2C)n2ncnc2n1. The van der Waals surface area contributed by atoms with Crippen molar-refractivity contribution in [3.63, 3.8) is 0 Å². The molecule has 2 heterocycles. The van der Waals surface area contributed by atoms with Crippen LogP contribution in [0.4, 0.5) is 5.82 Å². The number of benzene rings is 1. The molecule has 4 rings (SSSR count). The maximum absolute atomic E-state index is 4.40. The van der Waals surface area contributed by atoms with Crippen molar-refractivity contribution in [1.82, 2.24) is 19.6 Å². The molecular weight excluding hydrogens is 274 g/mol. The molecule has 22 heavy (non-hydrogen) atoms. The summed E-state index contributed by atoms with van der Waals surface area (Å²) in [7, 11) is 0. The van der Waals surface area contributed by atoms with Crippen molar-refractivity contribution >= 4 is 11.6 Å². The van der Waals surface area contributed by atoms with E-state index in [-0.39, 0.29) is 0 Å². The van der Waals surface area contributed by atoms with Crippen LogP contribution in [-0.2, 0) is 6.42 Å². The number of hydrogen-bond donors (Lipinski definition) is 1. The van der Waals surface area contributed by atoms with E-state index in [4.69, 9.17) is 0 Å². The lowest BCUT2D eigenvalue weighted by Gasteiger charge is -2.32. The van der Waals surface area contributed by atoms with Gasteiger partial charge in [-0.1, -0.05) is 31.2 Å². The molecule has 1 aliphatic carbocycles. The lowest BCUT2D eigenvalue weighted by Crippen LogP contribution is -2.26. The van der Waals surface area contributed by atoms with E-state index >= 15 is 0 Å². The minimum atomic E-state index is 0.291. The zero-order valence-electron chi connectivity index (χ0n) is 12.8. The van der Waals surface area contributed by atoms with Gasteiger partial charge in [0.05, 0.1) is 6.04 Å². The van der Waals surface area contributed by atoms with Crippen molar-refractivity contribution in [3.8, 4) is 0 Å². The van der Waals surface area contributed by atoms with Gasteiger partial charge in [0, 0.05) is 11.8 Å². The van der Waals surface area contributed by atoms with Crippen LogP contribution >= 0.6 is 0 Å². The Kier molecular flexibility index (Phi) is 3.06. The van der Waals surface area contributed by atoms with Gasteiger partial charge in [-0.3, -0.25) is 0 Å². The number of fused-ring (bicyclic) bond motifs is 2. The number of hydrogen-bond acceptors (Lipinski definition) is 4. The summed E-state index contributed by atoms with van der Waals surface area (Å²) in [5.74, 6) is 2.16. The van der Waals surface area contributed by atoms with Crippen molar-refractivity contribution in [1.29, 1.82) is 0 Å². The van der Waals surface area contributed by atoms with E-state index in [0.29, 0.717) is 17.7 Å². The average molecular weight is 293 g/mol. The third-order valence-electron chi connectivity index (χ3n) is 4.51. The Balaban J connectivity index is 1.77. The highest BCUT2D eigenvalue weighted by molar-refractivity contribution is 5.48. The minimum Gasteiger partial charge on any atom is -0.363 e. The topological polar surface area (TPSA) is 55.1 Å². The van der Waals surface area contributed by atoms with E-state index in [9.17, 15) is 0 Å². The van der Waals surface area contributed by atoms with E-state index in [1.165, 1.54) is 17.5 Å². The fourth-order valence-electron chi connectivity index (χ4n) is 3.33. The Labute approximate surface area is 129 Å². The molecule has 0 radical (unpaired) electrons. The third kappa shape index (κ3) is 2.13. The summed E-state index contributed by atoms with van der Waals surface area (Å²) in [6, 6.07) is 11.0. The molecule has 1 aliphatic rings. The van der Waals surface area contributed by atoms with Crippen molar-refractivity contribution in [2.75, 3.05) is 5.32 Å². The van der Waals surface area contributed by atoms with E-state index in [0.717, 1.165) is 17.9 Å². The van der Waals surface area contributed by atoms with Crippen LogP contribution in [0.5, 0.6) is 0 Å². The van der Waals surface area contributed by atoms with E-state index in [1.54, 1.807) is 10.8 Å². The maximum atomic E-state index is 4.40. The highest BCUT2D eigenvalue weighted by atomic mass is 15.4. The highest BCUT2D eigenvalue weighted by Gasteiger charge is 2.26. The van der Waals surface area contributed by atoms with Crippen molar-refractivity contribution < 1.29 is 0 Å². The van der Waals surface area contributed by atoms with Crippen molar-refractivity contribution in [2.24, 2.45) is 5.92 Å². The van der Waals surface area contributed by atoms with Gasteiger partial charge in [-0.2, -0.15) is 14.6 Å². The van der Waals surface area contributed by atoms with Gasteiger partial charge in [0.25, 0.3) is 5.78 Å². The fourth-order valence-corrected chi connectivity index (χ4v) is 3.33. The molecule has 0 amide bonds. The van der Waals surface area contributed by atoms with Crippen LogP contribution < -0.4 is 5.32 Å². The molecule has 3 aromatic rings. The van der Waals surface area contributed by atoms with Gasteiger partial charge >= 0.3 is 0 Å². The number of aryl methyl sites for hydroxylation is 2. The van der Waals surface area contributed by atoms with Gasteiger partial charge in [-0.05, 0) is 36.8 Å². The zero-order chi connectivity index (χ0) is 15.1. The van der Waals surface area contributed by atoms with Crippen molar-refractivity contribution in [2.45, 2.75) is 32.7 Å². The normalized spacial score (nSPS) is 20.8. The highest BCUT2D eigenvalue weighted by Crippen LogP contribution is 2.36. The standard InChI is InChI=1S/C17H19N5/c1-11-7-8-13-5-3-4-6-14(13)16(11)21-15-9-12(2)20-17-18-10-19-22(15)17/h3-6,9-11,16,21H,7-8H2,1-2H3. The molecule has 0 aliphatic heterocycles. The van der Waals surface area contributed by atoms with E-state index in [1.807, 2.05) is 13.0 Å². The van der Waals surface area contributed by atoms with E-state index in [2.05, 4.69) is 51.6 Å². The molecule has 112 valence electrons. The van der Waals surface area contributed by atoms with Crippen LogP contribution in [-0.4, -0.2) is 19.6 Å². The second-order valence-corrected chi connectivity index (χ2v) is 6.09. The summed E-state index contributed by atoms with van der Waals surface area (Å²) < 4.78 is 1.77. The van der Waals surface area contributed by atoms with Gasteiger partial charge in [0.2, 0.25) is 0 Å². The first-order valence-electron chi connectivity index (χ1n) is 7.74. The van der Waals surface area contributed by atoms with Gasteiger partial charge in [-0.15, -0.1) is 0 Å². The number of nitrogens with one attached hydrogen (secondary N) is 1. The van der Waals surface area contributed by atoms with Gasteiger partial charge in [-0.25, -0.2) is 4.98 Å². The fraction of sp³-hybridized carbons (Fsp3) is 0.353. The van der Waals surface area contributed by atoms with E-state index < -0.39 is 0 Å². The largest absolute Gasteiger partial charge is 0.363 e. The molecular formula is C17H19N5. The molecule has 2 aromatic heterocycles. The molecule has 0 bridgehead atoms. The molecule has 5 heteroatoms. The maximum Gasteiger partial charge on any atom is 0.254 e. The van der Waals surface area contributed by atoms with Crippen LogP contribution in [0.1, 0.15) is 36.2 Å². The van der Waals surface area contributed by atoms with Crippen molar-refractivity contribution in [3.05, 3.63) is 53.5 Å². The summed E-state index contributed by atoms with van der Waals surface area (Å²) >= 11 is 0. The molecule has 0 fully saturated rings. The lowest BCUT2D eigenvalue weighted by atomic mass is 9.81. The Morgan fingerprint density at radius 1 is 1.27 bits per heavy atom. The van der Waals surface area contributed by atoms with Crippen LogP contribution in [0.25, 0.3) is 5.78 Å². The lowest BCUT2D eigenvalue weighted by molar-refractivity contribution is 0.432. The summed E-state index contributed by atoms with van der Waals surface area (Å²) in [6.07, 6.45) is 3.90. The number of aromatic nitrogens is 4. The van der Waals surface area contributed by atoms with Crippen LogP contribution in [0, 0.1) is 12.8 Å². The molecule has 2 atom stereocenters. The molecule has 1 N–H and O–H groups in total. The second-order valence-electron chi connectivity index (χ2n) is 6.09. The average Bonchev–Trinajstić information content (AvgIpc) is 2.98. The second kappa shape index (κ2) is 5.09. The molecule has 2 unspecified atom stereocenters. The van der Waals surface area contributed by atoms with Crippen LogP contribution in [0.15, 0.2) is 36.7 Å². The van der Waals surface area contributed by atoms with Crippen LogP contribution in [0.2, 0.25) is 0 Å². The summed E-state index contributed by atoms with van der Waals surface area (Å²) in [5.41, 5.74) is 3.78. The van der Waals surface area contributed by atoms with Crippen LogP contribution in [0.3, 0.4) is 0 Å². The first-order valence-corrected chi connectivity index (χ1v) is 7.74. The predicted molar refractivity (Wildman–Crippen MR) is 85.8 cm³/mol.